The molecule has 220 valence electrons. The third-order valence-corrected chi connectivity index (χ3v) is 7.26. The van der Waals surface area contributed by atoms with Crippen LogP contribution in [0.25, 0.3) is 0 Å². The molecule has 4 rings (SSSR count). The quantitative estimate of drug-likeness (QED) is 0.342. The molecular weight excluding hydrogens is 531 g/mol. The first-order valence-electron chi connectivity index (χ1n) is 13.8. The first-order chi connectivity index (χ1) is 19.7. The third kappa shape index (κ3) is 7.86. The number of aliphatic imine (C=N–C) groups is 1. The summed E-state index contributed by atoms with van der Waals surface area (Å²) < 4.78 is 20.5. The molecule has 41 heavy (non-hydrogen) atoms. The van der Waals surface area contributed by atoms with Crippen LogP contribution in [0.3, 0.4) is 0 Å². The first-order valence-corrected chi connectivity index (χ1v) is 13.8. The SMILES string of the molecule is COc1ccc(CN(C2=NCCCN2)C2CCN(c3ccc(C(=O)NC[C@H](NC(C)=O)C(=O)O)cc3F)CC2)cc1. The van der Waals surface area contributed by atoms with E-state index < -0.39 is 29.6 Å². The number of guanidine groups is 1. The van der Waals surface area contributed by atoms with Crippen molar-refractivity contribution in [2.24, 2.45) is 4.99 Å². The van der Waals surface area contributed by atoms with Gasteiger partial charge < -0.3 is 35.6 Å². The van der Waals surface area contributed by atoms with Gasteiger partial charge in [-0.1, -0.05) is 12.1 Å². The largest absolute Gasteiger partial charge is 0.497 e. The van der Waals surface area contributed by atoms with Gasteiger partial charge in [-0.3, -0.25) is 14.6 Å². The molecule has 12 heteroatoms. The smallest absolute Gasteiger partial charge is 0.328 e. The number of nitrogens with one attached hydrogen (secondary N) is 3. The third-order valence-electron chi connectivity index (χ3n) is 7.26. The number of hydrogen-bond donors (Lipinski definition) is 4. The Morgan fingerprint density at radius 2 is 1.93 bits per heavy atom. The van der Waals surface area contributed by atoms with Crippen LogP contribution in [0.4, 0.5) is 10.1 Å². The minimum Gasteiger partial charge on any atom is -0.497 e. The number of halogens is 1. The van der Waals surface area contributed by atoms with Gasteiger partial charge in [-0.05, 0) is 55.2 Å². The number of benzene rings is 2. The number of ether oxygens (including phenoxy) is 1. The van der Waals surface area contributed by atoms with E-state index in [1.807, 2.05) is 17.0 Å². The second-order valence-electron chi connectivity index (χ2n) is 10.1. The van der Waals surface area contributed by atoms with Crippen molar-refractivity contribution in [3.05, 3.63) is 59.4 Å². The Balaban J connectivity index is 1.38. The molecule has 2 aromatic carbocycles. The first kappa shape index (κ1) is 29.6. The highest BCUT2D eigenvalue weighted by Crippen LogP contribution is 2.27. The molecule has 0 saturated carbocycles. The molecule has 0 bridgehead atoms. The predicted octanol–water partition coefficient (Wildman–Crippen LogP) is 1.97. The van der Waals surface area contributed by atoms with Gasteiger partial charge in [-0.2, -0.15) is 0 Å². The van der Waals surface area contributed by atoms with Gasteiger partial charge in [-0.25, -0.2) is 9.18 Å². The molecule has 1 saturated heterocycles. The molecule has 0 radical (unpaired) electrons. The van der Waals surface area contributed by atoms with E-state index in [0.29, 0.717) is 25.3 Å². The van der Waals surface area contributed by atoms with Crippen molar-refractivity contribution >= 4 is 29.4 Å². The summed E-state index contributed by atoms with van der Waals surface area (Å²) in [4.78, 5) is 44.0. The molecule has 2 aromatic rings. The van der Waals surface area contributed by atoms with Gasteiger partial charge in [0.25, 0.3) is 5.91 Å². The van der Waals surface area contributed by atoms with Crippen LogP contribution < -0.4 is 25.6 Å². The van der Waals surface area contributed by atoms with Crippen molar-refractivity contribution in [3.63, 3.8) is 0 Å². The minimum atomic E-state index is -1.28. The summed E-state index contributed by atoms with van der Waals surface area (Å²) in [5.41, 5.74) is 1.63. The summed E-state index contributed by atoms with van der Waals surface area (Å²) in [6.07, 6.45) is 2.61. The number of methoxy groups -OCH3 is 1. The number of carbonyl (C=O) groups excluding carboxylic acids is 2. The number of piperidine rings is 1. The summed E-state index contributed by atoms with van der Waals surface area (Å²) in [6, 6.07) is 11.2. The van der Waals surface area contributed by atoms with E-state index >= 15 is 4.39 Å². The lowest BCUT2D eigenvalue weighted by atomic mass is 10.0. The predicted molar refractivity (Wildman–Crippen MR) is 153 cm³/mol. The highest BCUT2D eigenvalue weighted by atomic mass is 19.1. The van der Waals surface area contributed by atoms with Crippen LogP contribution in [-0.4, -0.2) is 85.7 Å². The maximum absolute atomic E-state index is 15.2. The van der Waals surface area contributed by atoms with Gasteiger partial charge in [0.1, 0.15) is 17.6 Å². The number of amides is 2. The molecule has 11 nitrogen and oxygen atoms in total. The minimum absolute atomic E-state index is 0.0696. The average molecular weight is 569 g/mol. The Morgan fingerprint density at radius 1 is 1.20 bits per heavy atom. The topological polar surface area (TPSA) is 136 Å². The van der Waals surface area contributed by atoms with Crippen molar-refractivity contribution in [2.75, 3.05) is 44.7 Å². The Labute approximate surface area is 238 Å². The normalized spacial score (nSPS) is 16.2. The molecule has 2 aliphatic heterocycles. The number of hydrogen-bond acceptors (Lipinski definition) is 8. The highest BCUT2D eigenvalue weighted by Gasteiger charge is 2.29. The summed E-state index contributed by atoms with van der Waals surface area (Å²) >= 11 is 0. The number of nitrogens with zero attached hydrogens (tertiary/aromatic N) is 3. The number of aliphatic carboxylic acids is 1. The van der Waals surface area contributed by atoms with Crippen molar-refractivity contribution in [1.29, 1.82) is 0 Å². The Hall–Kier alpha value is -4.35. The fourth-order valence-electron chi connectivity index (χ4n) is 5.08. The van der Waals surface area contributed by atoms with E-state index in [0.717, 1.165) is 55.7 Å². The molecule has 2 amide bonds. The zero-order valence-corrected chi connectivity index (χ0v) is 23.4. The lowest BCUT2D eigenvalue weighted by Crippen LogP contribution is -2.52. The molecule has 0 unspecified atom stereocenters. The van der Waals surface area contributed by atoms with Gasteiger partial charge in [0, 0.05) is 57.8 Å². The average Bonchev–Trinajstić information content (AvgIpc) is 2.98. The van der Waals surface area contributed by atoms with Crippen LogP contribution in [0.1, 0.15) is 42.1 Å². The molecule has 1 atom stereocenters. The van der Waals surface area contributed by atoms with Crippen LogP contribution in [0.2, 0.25) is 0 Å². The lowest BCUT2D eigenvalue weighted by Gasteiger charge is -2.41. The summed E-state index contributed by atoms with van der Waals surface area (Å²) in [5, 5.41) is 17.3. The van der Waals surface area contributed by atoms with Crippen LogP contribution in [0.15, 0.2) is 47.5 Å². The molecule has 0 spiro atoms. The Morgan fingerprint density at radius 3 is 2.51 bits per heavy atom. The Bertz CT molecular complexity index is 1260. The van der Waals surface area contributed by atoms with E-state index in [4.69, 9.17) is 9.73 Å². The second kappa shape index (κ2) is 13.8. The fraction of sp³-hybridized carbons (Fsp3) is 0.448. The number of carbonyl (C=O) groups is 3. The maximum atomic E-state index is 15.2. The molecule has 0 aliphatic carbocycles. The van der Waals surface area contributed by atoms with E-state index in [1.54, 1.807) is 13.2 Å². The van der Waals surface area contributed by atoms with Crippen molar-refractivity contribution in [2.45, 2.75) is 44.8 Å². The number of anilines is 1. The van der Waals surface area contributed by atoms with Gasteiger partial charge in [0.2, 0.25) is 5.91 Å². The monoisotopic (exact) mass is 568 g/mol. The number of carboxylic acid groups (broad SMARTS) is 1. The van der Waals surface area contributed by atoms with E-state index in [-0.39, 0.29) is 18.2 Å². The van der Waals surface area contributed by atoms with E-state index in [9.17, 15) is 19.5 Å². The summed E-state index contributed by atoms with van der Waals surface area (Å²) in [5.74, 6) is -1.25. The summed E-state index contributed by atoms with van der Waals surface area (Å²) in [6.45, 7) is 4.50. The van der Waals surface area contributed by atoms with Crippen LogP contribution in [0.5, 0.6) is 5.75 Å². The fourth-order valence-corrected chi connectivity index (χ4v) is 5.08. The molecule has 2 aliphatic rings. The van der Waals surface area contributed by atoms with E-state index in [1.165, 1.54) is 13.0 Å². The molecule has 2 heterocycles. The van der Waals surface area contributed by atoms with E-state index in [2.05, 4.69) is 33.0 Å². The van der Waals surface area contributed by atoms with Gasteiger partial charge >= 0.3 is 5.97 Å². The van der Waals surface area contributed by atoms with Crippen molar-refractivity contribution in [3.8, 4) is 5.75 Å². The van der Waals surface area contributed by atoms with Crippen molar-refractivity contribution < 1.29 is 28.6 Å². The highest BCUT2D eigenvalue weighted by molar-refractivity contribution is 5.95. The van der Waals surface area contributed by atoms with Gasteiger partial charge in [0.05, 0.1) is 12.8 Å². The molecule has 4 N–H and O–H groups in total. The summed E-state index contributed by atoms with van der Waals surface area (Å²) in [7, 11) is 1.65. The standard InChI is InChI=1S/C29H37FN6O5/c1-19(37)34-25(28(39)40)17-33-27(38)21-6-9-26(24(30)16-21)35-14-10-22(11-15-35)36(29-31-12-3-13-32-29)18-20-4-7-23(41-2)8-5-20/h4-9,16,22,25H,3,10-15,17-18H2,1-2H3,(H,31,32)(H,33,38)(H,34,37)(H,39,40)/t25-/m0/s1. The van der Waals surface area contributed by atoms with Crippen LogP contribution >= 0.6 is 0 Å². The molecular formula is C29H37FN6O5. The van der Waals surface area contributed by atoms with Crippen LogP contribution in [0, 0.1) is 5.82 Å². The zero-order chi connectivity index (χ0) is 29.4. The Kier molecular flexibility index (Phi) is 9.99. The molecule has 0 aromatic heterocycles. The van der Waals surface area contributed by atoms with Crippen LogP contribution in [-0.2, 0) is 16.1 Å². The van der Waals surface area contributed by atoms with Crippen molar-refractivity contribution in [1.82, 2.24) is 20.9 Å². The van der Waals surface area contributed by atoms with Gasteiger partial charge in [0.15, 0.2) is 5.96 Å². The maximum Gasteiger partial charge on any atom is 0.328 e. The zero-order valence-electron chi connectivity index (χ0n) is 23.4. The van der Waals surface area contributed by atoms with Gasteiger partial charge in [-0.15, -0.1) is 0 Å². The lowest BCUT2D eigenvalue weighted by molar-refractivity contribution is -0.141. The number of carboxylic acids is 1. The molecule has 1 fully saturated rings. The number of rotatable bonds is 10. The second-order valence-corrected chi connectivity index (χ2v) is 10.1.